The Balaban J connectivity index is 1.72. The maximum absolute atomic E-state index is 12.4. The molecule has 0 atom stereocenters. The lowest BCUT2D eigenvalue weighted by molar-refractivity contribution is 0.0661. The highest BCUT2D eigenvalue weighted by molar-refractivity contribution is 7.98. The Labute approximate surface area is 158 Å². The molecule has 2 aromatic heterocycles. The number of hydrogen-bond donors (Lipinski definition) is 2. The van der Waals surface area contributed by atoms with Gasteiger partial charge in [-0.05, 0) is 36.8 Å². The average Bonchev–Trinajstić information content (AvgIpc) is 3.07. The highest BCUT2D eigenvalue weighted by Crippen LogP contribution is 2.21. The van der Waals surface area contributed by atoms with E-state index in [4.69, 9.17) is 21.1 Å². The Hall–Kier alpha value is -2.51. The number of nitrogens with one attached hydrogen (secondary N) is 1. The van der Waals surface area contributed by atoms with Crippen LogP contribution in [0, 0.1) is 6.92 Å². The van der Waals surface area contributed by atoms with Crippen LogP contribution in [0.15, 0.2) is 50.8 Å². The molecule has 1 aromatic carbocycles. The quantitative estimate of drug-likeness (QED) is 0.489. The number of aryl methyl sites for hydroxylation is 1. The predicted molar refractivity (Wildman–Crippen MR) is 99.1 cm³/mol. The van der Waals surface area contributed by atoms with E-state index in [1.54, 1.807) is 25.1 Å². The van der Waals surface area contributed by atoms with Crippen LogP contribution in [0.5, 0.6) is 0 Å². The first kappa shape index (κ1) is 18.3. The maximum Gasteiger partial charge on any atom is 0.371 e. The number of thioether (sulfide) groups is 1. The van der Waals surface area contributed by atoms with Gasteiger partial charge in [-0.2, -0.15) is 0 Å². The topological polar surface area (TPSA) is 96.2 Å². The van der Waals surface area contributed by atoms with E-state index < -0.39 is 5.97 Å². The molecule has 0 saturated carbocycles. The van der Waals surface area contributed by atoms with Gasteiger partial charge in [0, 0.05) is 22.7 Å². The first-order valence-corrected chi connectivity index (χ1v) is 9.08. The molecule has 0 radical (unpaired) electrons. The maximum atomic E-state index is 12.4. The van der Waals surface area contributed by atoms with Gasteiger partial charge in [0.25, 0.3) is 5.56 Å². The molecule has 0 aliphatic heterocycles. The number of benzene rings is 1. The fourth-order valence-electron chi connectivity index (χ4n) is 2.38. The van der Waals surface area contributed by atoms with Gasteiger partial charge in [-0.3, -0.25) is 4.79 Å². The molecule has 8 heteroatoms. The highest BCUT2D eigenvalue weighted by atomic mass is 35.5. The van der Waals surface area contributed by atoms with Gasteiger partial charge in [0.05, 0.1) is 5.75 Å². The summed E-state index contributed by atoms with van der Waals surface area (Å²) in [5.74, 6) is -0.365. The minimum absolute atomic E-state index is 0.114. The summed E-state index contributed by atoms with van der Waals surface area (Å²) >= 11 is 7.15. The zero-order valence-electron chi connectivity index (χ0n) is 13.8. The number of carboxylic acids is 1. The van der Waals surface area contributed by atoms with E-state index in [2.05, 4.69) is 9.97 Å². The Morgan fingerprint density at radius 1 is 1.27 bits per heavy atom. The van der Waals surface area contributed by atoms with Crippen molar-refractivity contribution in [2.45, 2.75) is 24.3 Å². The Morgan fingerprint density at radius 2 is 2.00 bits per heavy atom. The lowest BCUT2D eigenvalue weighted by atomic mass is 10.1. The molecule has 0 aliphatic carbocycles. The number of aromatic nitrogens is 2. The van der Waals surface area contributed by atoms with Crippen LogP contribution in [-0.4, -0.2) is 21.0 Å². The fraction of sp³-hybridized carbons (Fsp3) is 0.167. The summed E-state index contributed by atoms with van der Waals surface area (Å²) in [7, 11) is 0. The zero-order valence-corrected chi connectivity index (χ0v) is 15.4. The molecular formula is C18H15ClN2O4S. The summed E-state index contributed by atoms with van der Waals surface area (Å²) in [6.45, 7) is 1.79. The van der Waals surface area contributed by atoms with Crippen molar-refractivity contribution >= 4 is 29.3 Å². The van der Waals surface area contributed by atoms with Gasteiger partial charge >= 0.3 is 5.97 Å². The minimum atomic E-state index is -1.12. The molecule has 0 aliphatic rings. The molecule has 0 bridgehead atoms. The summed E-state index contributed by atoms with van der Waals surface area (Å²) in [6.07, 6.45) is 0.469. The number of hydrogen-bond acceptors (Lipinski definition) is 5. The summed E-state index contributed by atoms with van der Waals surface area (Å²) in [5, 5.41) is 9.96. The van der Waals surface area contributed by atoms with Crippen molar-refractivity contribution in [3.8, 4) is 0 Å². The van der Waals surface area contributed by atoms with Crippen LogP contribution in [-0.2, 0) is 12.2 Å². The molecule has 2 heterocycles. The molecule has 2 N–H and O–H groups in total. The van der Waals surface area contributed by atoms with Crippen molar-refractivity contribution in [3.63, 3.8) is 0 Å². The lowest BCUT2D eigenvalue weighted by Gasteiger charge is -2.07. The van der Waals surface area contributed by atoms with Crippen LogP contribution in [0.2, 0.25) is 5.02 Å². The Bertz CT molecular complexity index is 995. The number of nitrogens with zero attached hydrogens (tertiary/aromatic N) is 1. The molecule has 0 fully saturated rings. The number of furan rings is 1. The summed E-state index contributed by atoms with van der Waals surface area (Å²) < 4.78 is 5.19. The molecule has 26 heavy (non-hydrogen) atoms. The summed E-state index contributed by atoms with van der Waals surface area (Å²) in [5.41, 5.74) is 2.03. The van der Waals surface area contributed by atoms with Crippen LogP contribution < -0.4 is 5.56 Å². The summed E-state index contributed by atoms with van der Waals surface area (Å²) in [4.78, 5) is 30.4. The van der Waals surface area contributed by atoms with Crippen molar-refractivity contribution in [1.82, 2.24) is 9.97 Å². The van der Waals surface area contributed by atoms with Gasteiger partial charge in [0.15, 0.2) is 5.16 Å². The number of rotatable bonds is 6. The molecule has 0 saturated heterocycles. The Kier molecular flexibility index (Phi) is 5.49. The largest absolute Gasteiger partial charge is 0.475 e. The standard InChI is InChI=1S/C18H15ClN2O4S/c1-10-14(8-11-2-4-12(19)5-3-11)16(22)21-18(20-10)26-9-13-6-7-15(25-13)17(23)24/h2-7H,8-9H2,1H3,(H,23,24)(H,20,21,22). The van der Waals surface area contributed by atoms with E-state index in [1.807, 2.05) is 12.1 Å². The average molecular weight is 391 g/mol. The highest BCUT2D eigenvalue weighted by Gasteiger charge is 2.12. The van der Waals surface area contributed by atoms with Crippen molar-refractivity contribution in [1.29, 1.82) is 0 Å². The van der Waals surface area contributed by atoms with Gasteiger partial charge in [0.1, 0.15) is 5.76 Å². The van der Waals surface area contributed by atoms with Crippen LogP contribution in [0.4, 0.5) is 0 Å². The van der Waals surface area contributed by atoms with Gasteiger partial charge in [-0.1, -0.05) is 35.5 Å². The number of aromatic amines is 1. The monoisotopic (exact) mass is 390 g/mol. The zero-order chi connectivity index (χ0) is 18.7. The van der Waals surface area contributed by atoms with Crippen molar-refractivity contribution in [2.24, 2.45) is 0 Å². The first-order valence-electron chi connectivity index (χ1n) is 7.71. The third kappa shape index (κ3) is 4.36. The van der Waals surface area contributed by atoms with Gasteiger partial charge in [-0.15, -0.1) is 0 Å². The number of carboxylic acid groups (broad SMARTS) is 1. The SMILES string of the molecule is Cc1nc(SCc2ccc(C(=O)O)o2)[nH]c(=O)c1Cc1ccc(Cl)cc1. The van der Waals surface area contributed by atoms with Crippen LogP contribution in [0.3, 0.4) is 0 Å². The third-order valence-corrected chi connectivity index (χ3v) is 4.87. The lowest BCUT2D eigenvalue weighted by Crippen LogP contribution is -2.17. The second-order valence-corrected chi connectivity index (χ2v) is 7.00. The van der Waals surface area contributed by atoms with Gasteiger partial charge < -0.3 is 14.5 Å². The number of halogens is 1. The fourth-order valence-corrected chi connectivity index (χ4v) is 3.30. The molecule has 134 valence electrons. The molecule has 3 aromatic rings. The van der Waals surface area contributed by atoms with E-state index in [9.17, 15) is 9.59 Å². The molecule has 3 rings (SSSR count). The summed E-state index contributed by atoms with van der Waals surface area (Å²) in [6, 6.07) is 10.3. The smallest absolute Gasteiger partial charge is 0.371 e. The van der Waals surface area contributed by atoms with Crippen LogP contribution in [0.1, 0.15) is 33.1 Å². The molecular weight excluding hydrogens is 376 g/mol. The van der Waals surface area contributed by atoms with Crippen LogP contribution >= 0.6 is 23.4 Å². The second kappa shape index (κ2) is 7.80. The number of aromatic carboxylic acids is 1. The number of carbonyl (C=O) groups is 1. The number of H-pyrrole nitrogens is 1. The van der Waals surface area contributed by atoms with Gasteiger partial charge in [-0.25, -0.2) is 9.78 Å². The van der Waals surface area contributed by atoms with E-state index in [-0.39, 0.29) is 11.3 Å². The van der Waals surface area contributed by atoms with Crippen molar-refractivity contribution < 1.29 is 14.3 Å². The van der Waals surface area contributed by atoms with Crippen molar-refractivity contribution in [2.75, 3.05) is 0 Å². The van der Waals surface area contributed by atoms with Gasteiger partial charge in [0.2, 0.25) is 5.76 Å². The molecule has 0 spiro atoms. The second-order valence-electron chi connectivity index (χ2n) is 5.60. The van der Waals surface area contributed by atoms with E-state index in [0.717, 1.165) is 5.56 Å². The predicted octanol–water partition coefficient (Wildman–Crippen LogP) is 3.91. The van der Waals surface area contributed by atoms with E-state index in [0.29, 0.717) is 39.4 Å². The molecule has 6 nitrogen and oxygen atoms in total. The third-order valence-electron chi connectivity index (χ3n) is 3.72. The van der Waals surface area contributed by atoms with E-state index in [1.165, 1.54) is 17.8 Å². The normalized spacial score (nSPS) is 10.8. The Morgan fingerprint density at radius 3 is 2.62 bits per heavy atom. The van der Waals surface area contributed by atoms with Crippen LogP contribution in [0.25, 0.3) is 0 Å². The first-order chi connectivity index (χ1) is 12.4. The molecule has 0 amide bonds. The minimum Gasteiger partial charge on any atom is -0.475 e. The van der Waals surface area contributed by atoms with E-state index >= 15 is 0 Å². The van der Waals surface area contributed by atoms with Crippen molar-refractivity contribution in [3.05, 3.63) is 80.1 Å². The molecule has 0 unspecified atom stereocenters.